The summed E-state index contributed by atoms with van der Waals surface area (Å²) in [4.78, 5) is 40.5. The summed E-state index contributed by atoms with van der Waals surface area (Å²) < 4.78 is 34.3. The molecule has 5 rings (SSSR count). The average Bonchev–Trinajstić information content (AvgIpc) is 2.80. The number of carbonyl (C=O) groups excluding carboxylic acids is 2. The number of pyridine rings is 1. The van der Waals surface area contributed by atoms with E-state index in [4.69, 9.17) is 4.74 Å². The number of rotatable bonds is 4. The minimum Gasteiger partial charge on any atom is -0.503 e. The predicted octanol–water partition coefficient (Wildman–Crippen LogP) is 3.02. The van der Waals surface area contributed by atoms with Crippen LogP contribution in [0.4, 0.5) is 8.78 Å². The lowest BCUT2D eigenvalue weighted by molar-refractivity contribution is -0.149. The van der Waals surface area contributed by atoms with Crippen LogP contribution in [0.1, 0.15) is 58.5 Å². The zero-order valence-electron chi connectivity index (χ0n) is 17.9. The van der Waals surface area contributed by atoms with Crippen molar-refractivity contribution < 1.29 is 28.2 Å². The monoisotopic (exact) mass is 458 g/mol. The van der Waals surface area contributed by atoms with Gasteiger partial charge in [-0.1, -0.05) is 18.9 Å². The molecule has 7 nitrogen and oxygen atoms in total. The molecule has 2 fully saturated rings. The standard InChI is InChI=1S/C24H24F2N2O5/c25-15-7-5-13(17(26)9-15)6-8-19(29)16-10-27-11-20-28(24(32)21(27)23(31)22(16)30)18-4-2-1-3-14(18)12-33-20/h5,7,9-10,14,18,20,31H,1-4,6,8,11-12H2/t14-,18-,20+/m0/s1. The summed E-state index contributed by atoms with van der Waals surface area (Å²) in [6.07, 6.45) is 4.45. The third-order valence-corrected chi connectivity index (χ3v) is 7.02. The molecule has 174 valence electrons. The van der Waals surface area contributed by atoms with Gasteiger partial charge in [0.15, 0.2) is 23.5 Å². The quantitative estimate of drug-likeness (QED) is 0.712. The Kier molecular flexibility index (Phi) is 5.52. The van der Waals surface area contributed by atoms with Crippen LogP contribution in [0.25, 0.3) is 0 Å². The lowest BCUT2D eigenvalue weighted by Crippen LogP contribution is -2.61. The van der Waals surface area contributed by atoms with Gasteiger partial charge in [-0.25, -0.2) is 8.78 Å². The number of halogens is 2. The van der Waals surface area contributed by atoms with Crippen molar-refractivity contribution >= 4 is 11.7 Å². The number of ketones is 1. The molecule has 1 saturated heterocycles. The van der Waals surface area contributed by atoms with Crippen LogP contribution in [-0.4, -0.2) is 45.1 Å². The van der Waals surface area contributed by atoms with Gasteiger partial charge in [0.1, 0.15) is 11.6 Å². The maximum absolute atomic E-state index is 13.9. The molecule has 1 aromatic heterocycles. The van der Waals surface area contributed by atoms with Crippen LogP contribution < -0.4 is 5.43 Å². The van der Waals surface area contributed by atoms with Gasteiger partial charge in [-0.3, -0.25) is 14.4 Å². The van der Waals surface area contributed by atoms with Crippen LogP contribution in [0.3, 0.4) is 0 Å². The van der Waals surface area contributed by atoms with Crippen molar-refractivity contribution in [2.24, 2.45) is 5.92 Å². The minimum absolute atomic E-state index is 0.0140. The maximum Gasteiger partial charge on any atom is 0.276 e. The van der Waals surface area contributed by atoms with Crippen LogP contribution >= 0.6 is 0 Å². The number of ether oxygens (including phenoxy) is 1. The molecule has 1 saturated carbocycles. The molecule has 0 unspecified atom stereocenters. The number of aryl methyl sites for hydroxylation is 1. The lowest BCUT2D eigenvalue weighted by atomic mass is 9.82. The van der Waals surface area contributed by atoms with Gasteiger partial charge in [0.2, 0.25) is 5.43 Å². The second-order valence-electron chi connectivity index (χ2n) is 8.99. The van der Waals surface area contributed by atoms with Crippen molar-refractivity contribution in [2.45, 2.75) is 57.3 Å². The van der Waals surface area contributed by atoms with Crippen LogP contribution in [0.15, 0.2) is 29.2 Å². The highest BCUT2D eigenvalue weighted by molar-refractivity contribution is 6.00. The molecule has 1 aromatic carbocycles. The Morgan fingerprint density at radius 2 is 1.97 bits per heavy atom. The van der Waals surface area contributed by atoms with Crippen LogP contribution in [0.2, 0.25) is 0 Å². The van der Waals surface area contributed by atoms with Crippen molar-refractivity contribution in [2.75, 3.05) is 6.61 Å². The van der Waals surface area contributed by atoms with Crippen molar-refractivity contribution in [1.29, 1.82) is 0 Å². The Balaban J connectivity index is 1.42. The molecule has 3 aliphatic rings. The number of aromatic nitrogens is 1. The molecule has 0 spiro atoms. The highest BCUT2D eigenvalue weighted by Crippen LogP contribution is 2.38. The van der Waals surface area contributed by atoms with Gasteiger partial charge < -0.3 is 19.3 Å². The number of amides is 1. The summed E-state index contributed by atoms with van der Waals surface area (Å²) >= 11 is 0. The Labute approximate surface area is 188 Å². The van der Waals surface area contributed by atoms with E-state index in [0.29, 0.717) is 6.61 Å². The van der Waals surface area contributed by atoms with Crippen LogP contribution in [-0.2, 0) is 17.7 Å². The third kappa shape index (κ3) is 3.74. The first-order valence-electron chi connectivity index (χ1n) is 11.2. The smallest absolute Gasteiger partial charge is 0.276 e. The fraction of sp³-hybridized carbons (Fsp3) is 0.458. The van der Waals surface area contributed by atoms with Gasteiger partial charge in [0.25, 0.3) is 5.91 Å². The molecule has 3 heterocycles. The molecule has 2 aromatic rings. The van der Waals surface area contributed by atoms with E-state index in [1.807, 2.05) is 0 Å². The highest BCUT2D eigenvalue weighted by atomic mass is 19.1. The molecule has 1 aliphatic carbocycles. The lowest BCUT2D eigenvalue weighted by Gasteiger charge is -2.50. The fourth-order valence-electron chi connectivity index (χ4n) is 5.31. The maximum atomic E-state index is 13.9. The summed E-state index contributed by atoms with van der Waals surface area (Å²) in [5, 5.41) is 10.6. The van der Waals surface area contributed by atoms with E-state index in [9.17, 15) is 28.3 Å². The van der Waals surface area contributed by atoms with Gasteiger partial charge in [-0.15, -0.1) is 0 Å². The van der Waals surface area contributed by atoms with Gasteiger partial charge in [0.05, 0.1) is 18.7 Å². The summed E-state index contributed by atoms with van der Waals surface area (Å²) in [5.41, 5.74) is -1.18. The Morgan fingerprint density at radius 3 is 2.76 bits per heavy atom. The van der Waals surface area contributed by atoms with Crippen molar-refractivity contribution in [1.82, 2.24) is 9.47 Å². The number of hydrogen-bond acceptors (Lipinski definition) is 5. The average molecular weight is 458 g/mol. The van der Waals surface area contributed by atoms with Gasteiger partial charge >= 0.3 is 0 Å². The number of Topliss-reactive ketones (excluding diaryl/α,β-unsaturated/α-hetero) is 1. The molecule has 9 heteroatoms. The summed E-state index contributed by atoms with van der Waals surface area (Å²) in [5.74, 6) is -3.06. The molecule has 33 heavy (non-hydrogen) atoms. The Morgan fingerprint density at radius 1 is 1.18 bits per heavy atom. The number of aromatic hydroxyl groups is 1. The topological polar surface area (TPSA) is 88.8 Å². The normalized spacial score (nSPS) is 24.1. The second-order valence-corrected chi connectivity index (χ2v) is 8.99. The number of fused-ring (bicyclic) bond motifs is 4. The van der Waals surface area contributed by atoms with E-state index in [2.05, 4.69) is 0 Å². The van der Waals surface area contributed by atoms with Gasteiger partial charge in [0, 0.05) is 30.6 Å². The molecular formula is C24H24F2N2O5. The number of hydrogen-bond donors (Lipinski definition) is 1. The van der Waals surface area contributed by atoms with E-state index >= 15 is 0 Å². The van der Waals surface area contributed by atoms with Crippen molar-refractivity contribution in [3.63, 3.8) is 0 Å². The van der Waals surface area contributed by atoms with Gasteiger partial charge in [-0.2, -0.15) is 0 Å². The van der Waals surface area contributed by atoms with E-state index < -0.39 is 40.7 Å². The van der Waals surface area contributed by atoms with Gasteiger partial charge in [-0.05, 0) is 30.9 Å². The third-order valence-electron chi connectivity index (χ3n) is 7.02. The van der Waals surface area contributed by atoms with Crippen molar-refractivity contribution in [3.05, 3.63) is 63.1 Å². The first kappa shape index (κ1) is 21.8. The second kappa shape index (κ2) is 8.37. The molecule has 1 amide bonds. The largest absolute Gasteiger partial charge is 0.503 e. The van der Waals surface area contributed by atoms with E-state index in [1.165, 1.54) is 16.8 Å². The van der Waals surface area contributed by atoms with E-state index in [0.717, 1.165) is 37.8 Å². The Bertz CT molecular complexity index is 1190. The highest BCUT2D eigenvalue weighted by Gasteiger charge is 2.46. The van der Waals surface area contributed by atoms with E-state index in [-0.39, 0.29) is 48.2 Å². The molecule has 2 aliphatic heterocycles. The summed E-state index contributed by atoms with van der Waals surface area (Å²) in [7, 11) is 0. The molecular weight excluding hydrogens is 434 g/mol. The van der Waals surface area contributed by atoms with Crippen LogP contribution in [0, 0.1) is 17.6 Å². The van der Waals surface area contributed by atoms with E-state index in [1.54, 1.807) is 4.90 Å². The number of benzene rings is 1. The zero-order chi connectivity index (χ0) is 23.3. The van der Waals surface area contributed by atoms with Crippen molar-refractivity contribution in [3.8, 4) is 5.75 Å². The van der Waals surface area contributed by atoms with Crippen LogP contribution in [0.5, 0.6) is 5.75 Å². The first-order chi connectivity index (χ1) is 15.8. The minimum atomic E-state index is -0.921. The Hall–Kier alpha value is -3.07. The molecule has 3 atom stereocenters. The predicted molar refractivity (Wildman–Crippen MR) is 113 cm³/mol. The SMILES string of the molecule is O=C(CCc1ccc(F)cc1F)c1cn2c(c(O)c1=O)C(=O)N1[C@@H](C2)OC[C@@H]2CCCC[C@@H]21. The fourth-order valence-corrected chi connectivity index (χ4v) is 5.31. The molecule has 0 bridgehead atoms. The summed E-state index contributed by atoms with van der Waals surface area (Å²) in [6.45, 7) is 0.751. The summed E-state index contributed by atoms with van der Waals surface area (Å²) in [6, 6.07) is 3.10. The number of nitrogens with zero attached hydrogens (tertiary/aromatic N) is 2. The molecule has 1 N–H and O–H groups in total. The number of carbonyl (C=O) groups is 2. The molecule has 0 radical (unpaired) electrons. The first-order valence-corrected chi connectivity index (χ1v) is 11.2. The zero-order valence-corrected chi connectivity index (χ0v) is 17.9.